The second-order valence-electron chi connectivity index (χ2n) is 4.82. The van der Waals surface area contributed by atoms with Gasteiger partial charge in [-0.3, -0.25) is 14.8 Å². The van der Waals surface area contributed by atoms with Crippen molar-refractivity contribution in [1.82, 2.24) is 9.97 Å². The Morgan fingerprint density at radius 2 is 1.86 bits per heavy atom. The molecule has 0 amide bonds. The number of pyridine rings is 2. The molecule has 3 aromatic rings. The molecule has 2 aromatic heterocycles. The van der Waals surface area contributed by atoms with Crippen molar-refractivity contribution in [3.05, 3.63) is 66.1 Å². The van der Waals surface area contributed by atoms with Gasteiger partial charge in [-0.2, -0.15) is 0 Å². The first-order valence-corrected chi connectivity index (χ1v) is 6.74. The minimum Gasteiger partial charge on any atom is -0.505 e. The molecular formula is C17H14N2O2. The maximum atomic E-state index is 12.3. The normalized spacial score (nSPS) is 10.7. The van der Waals surface area contributed by atoms with Gasteiger partial charge in [0.1, 0.15) is 5.52 Å². The second-order valence-corrected chi connectivity index (χ2v) is 4.82. The molecule has 0 fully saturated rings. The van der Waals surface area contributed by atoms with E-state index in [4.69, 9.17) is 0 Å². The molecule has 0 saturated heterocycles. The molecule has 0 radical (unpaired) electrons. The quantitative estimate of drug-likeness (QED) is 0.745. The number of aryl methyl sites for hydroxylation is 1. The zero-order valence-corrected chi connectivity index (χ0v) is 11.4. The average molecular weight is 278 g/mol. The van der Waals surface area contributed by atoms with Crippen molar-refractivity contribution < 1.29 is 9.90 Å². The number of carbonyl (C=O) groups is 1. The van der Waals surface area contributed by atoms with E-state index in [0.29, 0.717) is 23.9 Å². The Hall–Kier alpha value is -2.75. The summed E-state index contributed by atoms with van der Waals surface area (Å²) in [6.45, 7) is 0. The van der Waals surface area contributed by atoms with E-state index in [2.05, 4.69) is 9.97 Å². The smallest absolute Gasteiger partial charge is 0.167 e. The fourth-order valence-electron chi connectivity index (χ4n) is 2.30. The monoisotopic (exact) mass is 278 g/mol. The Labute approximate surface area is 122 Å². The summed E-state index contributed by atoms with van der Waals surface area (Å²) < 4.78 is 0. The number of hydrogen-bond donors (Lipinski definition) is 1. The summed E-state index contributed by atoms with van der Waals surface area (Å²) in [7, 11) is 0. The summed E-state index contributed by atoms with van der Waals surface area (Å²) >= 11 is 0. The highest BCUT2D eigenvalue weighted by molar-refractivity contribution is 6.03. The molecule has 4 nitrogen and oxygen atoms in total. The summed E-state index contributed by atoms with van der Waals surface area (Å²) in [4.78, 5) is 20.4. The average Bonchev–Trinajstić information content (AvgIpc) is 2.54. The highest BCUT2D eigenvalue weighted by atomic mass is 16.3. The van der Waals surface area contributed by atoms with E-state index < -0.39 is 0 Å². The summed E-state index contributed by atoms with van der Waals surface area (Å²) in [6.07, 6.45) is 5.98. The topological polar surface area (TPSA) is 63.1 Å². The third kappa shape index (κ3) is 2.74. The van der Waals surface area contributed by atoms with Crippen molar-refractivity contribution in [2.24, 2.45) is 0 Å². The number of aromatic hydroxyl groups is 1. The lowest BCUT2D eigenvalue weighted by atomic mass is 10.0. The molecule has 0 atom stereocenters. The van der Waals surface area contributed by atoms with Crippen molar-refractivity contribution >= 4 is 16.7 Å². The van der Waals surface area contributed by atoms with Crippen molar-refractivity contribution in [2.45, 2.75) is 12.8 Å². The minimum absolute atomic E-state index is 0.0344. The second kappa shape index (κ2) is 5.71. The molecule has 0 saturated carbocycles. The molecule has 0 spiro atoms. The molecule has 2 heterocycles. The number of hydrogen-bond acceptors (Lipinski definition) is 4. The van der Waals surface area contributed by atoms with E-state index in [1.807, 2.05) is 24.3 Å². The van der Waals surface area contributed by atoms with Gasteiger partial charge < -0.3 is 5.11 Å². The first-order valence-electron chi connectivity index (χ1n) is 6.74. The largest absolute Gasteiger partial charge is 0.505 e. The van der Waals surface area contributed by atoms with Crippen molar-refractivity contribution in [2.75, 3.05) is 0 Å². The van der Waals surface area contributed by atoms with Crippen LogP contribution < -0.4 is 0 Å². The van der Waals surface area contributed by atoms with Crippen molar-refractivity contribution in [3.8, 4) is 5.75 Å². The van der Waals surface area contributed by atoms with Crippen LogP contribution in [0.5, 0.6) is 5.75 Å². The molecule has 104 valence electrons. The Kier molecular flexibility index (Phi) is 3.60. The fraction of sp³-hybridized carbons (Fsp3) is 0.118. The van der Waals surface area contributed by atoms with Crippen LogP contribution in [-0.4, -0.2) is 20.9 Å². The fourth-order valence-corrected chi connectivity index (χ4v) is 2.30. The van der Waals surface area contributed by atoms with Crippen LogP contribution in [0.25, 0.3) is 10.9 Å². The molecule has 1 N–H and O–H groups in total. The maximum absolute atomic E-state index is 12.3. The number of ketones is 1. The third-order valence-electron chi connectivity index (χ3n) is 3.44. The number of fused-ring (bicyclic) bond motifs is 1. The van der Waals surface area contributed by atoms with E-state index in [9.17, 15) is 9.90 Å². The summed E-state index contributed by atoms with van der Waals surface area (Å²) in [5.74, 6) is -0.121. The van der Waals surface area contributed by atoms with Crippen LogP contribution in [0, 0.1) is 0 Å². The number of Topliss-reactive ketones (excluding diaryl/α,β-unsaturated/α-hetero) is 1. The van der Waals surface area contributed by atoms with E-state index in [1.54, 1.807) is 30.7 Å². The molecule has 21 heavy (non-hydrogen) atoms. The van der Waals surface area contributed by atoms with Gasteiger partial charge in [0.25, 0.3) is 0 Å². The van der Waals surface area contributed by atoms with Gasteiger partial charge in [0.15, 0.2) is 11.5 Å². The number of nitrogens with zero attached hydrogens (tertiary/aromatic N) is 2. The molecule has 3 rings (SSSR count). The third-order valence-corrected chi connectivity index (χ3v) is 3.44. The van der Waals surface area contributed by atoms with Gasteiger partial charge in [-0.25, -0.2) is 0 Å². The molecule has 0 aliphatic heterocycles. The molecule has 1 aromatic carbocycles. The Balaban J connectivity index is 1.83. The number of carbonyl (C=O) groups excluding carboxylic acids is 1. The van der Waals surface area contributed by atoms with E-state index in [1.165, 1.54) is 0 Å². The summed E-state index contributed by atoms with van der Waals surface area (Å²) in [5.41, 5.74) is 1.85. The lowest BCUT2D eigenvalue weighted by molar-refractivity contribution is 0.0980. The zero-order chi connectivity index (χ0) is 14.7. The van der Waals surface area contributed by atoms with Crippen molar-refractivity contribution in [3.63, 3.8) is 0 Å². The van der Waals surface area contributed by atoms with Crippen LogP contribution in [-0.2, 0) is 6.42 Å². The number of rotatable bonds is 4. The Bertz CT molecular complexity index is 785. The van der Waals surface area contributed by atoms with E-state index in [0.717, 1.165) is 10.9 Å². The van der Waals surface area contributed by atoms with Gasteiger partial charge in [0, 0.05) is 30.4 Å². The highest BCUT2D eigenvalue weighted by Crippen LogP contribution is 2.27. The van der Waals surface area contributed by atoms with Crippen LogP contribution >= 0.6 is 0 Å². The van der Waals surface area contributed by atoms with Gasteiger partial charge in [-0.1, -0.05) is 12.1 Å². The van der Waals surface area contributed by atoms with Crippen molar-refractivity contribution in [1.29, 1.82) is 0 Å². The van der Waals surface area contributed by atoms with Crippen LogP contribution in [0.4, 0.5) is 0 Å². The molecule has 0 aliphatic rings. The van der Waals surface area contributed by atoms with Crippen LogP contribution in [0.3, 0.4) is 0 Å². The predicted octanol–water partition coefficient (Wildman–Crippen LogP) is 3.15. The van der Waals surface area contributed by atoms with E-state index in [-0.39, 0.29) is 11.5 Å². The maximum Gasteiger partial charge on any atom is 0.167 e. The first kappa shape index (κ1) is 13.2. The number of phenols is 1. The molecule has 0 bridgehead atoms. The van der Waals surface area contributed by atoms with E-state index >= 15 is 0 Å². The lowest BCUT2D eigenvalue weighted by Crippen LogP contribution is -2.02. The van der Waals surface area contributed by atoms with Crippen LogP contribution in [0.15, 0.2) is 55.0 Å². The van der Waals surface area contributed by atoms with Gasteiger partial charge in [-0.15, -0.1) is 0 Å². The number of phenolic OH excluding ortho intramolecular Hbond substituents is 1. The first-order chi connectivity index (χ1) is 10.3. The molecule has 0 unspecified atom stereocenters. The minimum atomic E-state index is -0.0862. The van der Waals surface area contributed by atoms with Gasteiger partial charge in [0.2, 0.25) is 0 Å². The Morgan fingerprint density at radius 3 is 2.67 bits per heavy atom. The SMILES string of the molecule is O=C(CCc1ccncc1)c1ccc2cccnc2c1O. The summed E-state index contributed by atoms with van der Waals surface area (Å²) in [5, 5.41) is 11.0. The van der Waals surface area contributed by atoms with Gasteiger partial charge >= 0.3 is 0 Å². The predicted molar refractivity (Wildman–Crippen MR) is 80.3 cm³/mol. The number of benzene rings is 1. The standard InChI is InChI=1S/C17H14N2O2/c20-15(6-3-12-7-10-18-11-8-12)14-5-4-13-2-1-9-19-16(13)17(14)21/h1-2,4-5,7-11,21H,3,6H2. The van der Waals surface area contributed by atoms with Crippen LogP contribution in [0.2, 0.25) is 0 Å². The highest BCUT2D eigenvalue weighted by Gasteiger charge is 2.14. The molecule has 4 heteroatoms. The molecular weight excluding hydrogens is 264 g/mol. The van der Waals surface area contributed by atoms with Crippen LogP contribution in [0.1, 0.15) is 22.3 Å². The molecule has 0 aliphatic carbocycles. The van der Waals surface area contributed by atoms with Gasteiger partial charge in [-0.05, 0) is 36.2 Å². The zero-order valence-electron chi connectivity index (χ0n) is 11.4. The lowest BCUT2D eigenvalue weighted by Gasteiger charge is -2.06. The number of aromatic nitrogens is 2. The van der Waals surface area contributed by atoms with Gasteiger partial charge in [0.05, 0.1) is 5.56 Å². The Morgan fingerprint density at radius 1 is 1.05 bits per heavy atom. The summed E-state index contributed by atoms with van der Waals surface area (Å²) in [6, 6.07) is 10.9.